The Balaban J connectivity index is 1.55. The fraction of sp³-hybridized carbons (Fsp3) is 0.381. The second kappa shape index (κ2) is 10.5. The van der Waals surface area contributed by atoms with Crippen molar-refractivity contribution in [3.8, 4) is 0 Å². The predicted octanol–water partition coefficient (Wildman–Crippen LogP) is 3.29. The summed E-state index contributed by atoms with van der Waals surface area (Å²) in [5, 5.41) is 6.59. The summed E-state index contributed by atoms with van der Waals surface area (Å²) in [6.45, 7) is 5.63. The summed E-state index contributed by atoms with van der Waals surface area (Å²) in [7, 11) is 1.73. The largest absolute Gasteiger partial charge is 0.379 e. The molecule has 3 rings (SSSR count). The third-order valence-electron chi connectivity index (χ3n) is 4.73. The highest BCUT2D eigenvalue weighted by Crippen LogP contribution is 2.16. The van der Waals surface area contributed by atoms with Crippen molar-refractivity contribution in [1.29, 1.82) is 0 Å². The van der Waals surface area contributed by atoms with Crippen LogP contribution in [-0.2, 0) is 24.4 Å². The minimum absolute atomic E-state index is 0.265. The summed E-state index contributed by atoms with van der Waals surface area (Å²) in [5.41, 5.74) is 3.41. The Bertz CT molecular complexity index is 809. The molecule has 150 valence electrons. The summed E-state index contributed by atoms with van der Waals surface area (Å²) in [5.74, 6) is 0.420. The lowest BCUT2D eigenvalue weighted by Crippen LogP contribution is -2.37. The minimum Gasteiger partial charge on any atom is -0.379 e. The smallest absolute Gasteiger partial charge is 0.191 e. The molecule has 1 aliphatic rings. The van der Waals surface area contributed by atoms with E-state index < -0.39 is 0 Å². The topological polar surface area (TPSA) is 48.9 Å². The third-order valence-corrected chi connectivity index (χ3v) is 5.37. The van der Waals surface area contributed by atoms with Crippen molar-refractivity contribution >= 4 is 21.9 Å². The molecule has 5 nitrogen and oxygen atoms in total. The minimum atomic E-state index is -0.265. The van der Waals surface area contributed by atoms with Crippen molar-refractivity contribution in [2.24, 2.45) is 4.99 Å². The molecule has 0 amide bonds. The van der Waals surface area contributed by atoms with Gasteiger partial charge in [-0.1, -0.05) is 30.3 Å². The molecule has 0 aliphatic carbocycles. The van der Waals surface area contributed by atoms with Crippen LogP contribution in [0.2, 0.25) is 0 Å². The van der Waals surface area contributed by atoms with Gasteiger partial charge in [0, 0.05) is 39.8 Å². The Hall–Kier alpha value is -1.96. The second-order valence-corrected chi connectivity index (χ2v) is 7.54. The normalized spacial score (nSPS) is 15.5. The number of hydrogen-bond donors (Lipinski definition) is 2. The molecule has 0 unspecified atom stereocenters. The van der Waals surface area contributed by atoms with E-state index in [2.05, 4.69) is 60.7 Å². The molecular formula is C21H26BrFN4O. The summed E-state index contributed by atoms with van der Waals surface area (Å²) in [6.07, 6.45) is 0. The molecule has 1 fully saturated rings. The van der Waals surface area contributed by atoms with E-state index in [-0.39, 0.29) is 5.82 Å². The highest BCUT2D eigenvalue weighted by atomic mass is 79.9. The number of ether oxygens (including phenoxy) is 1. The van der Waals surface area contributed by atoms with Crippen LogP contribution in [-0.4, -0.2) is 44.2 Å². The standard InChI is InChI=1S/C21H26BrFN4O/c1-24-21(25-13-16-6-7-19(22)20(23)12-16)26-14-17-4-2-3-5-18(17)15-27-8-10-28-11-9-27/h2-7,12H,8-11,13-15H2,1H3,(H2,24,25,26). The van der Waals surface area contributed by atoms with Crippen LogP contribution in [0, 0.1) is 5.82 Å². The highest BCUT2D eigenvalue weighted by molar-refractivity contribution is 9.10. The average Bonchev–Trinajstić information content (AvgIpc) is 2.72. The van der Waals surface area contributed by atoms with Crippen molar-refractivity contribution in [1.82, 2.24) is 15.5 Å². The van der Waals surface area contributed by atoms with E-state index in [1.807, 2.05) is 6.07 Å². The molecule has 0 bridgehead atoms. The molecule has 0 atom stereocenters. The van der Waals surface area contributed by atoms with Crippen molar-refractivity contribution in [2.45, 2.75) is 19.6 Å². The van der Waals surface area contributed by atoms with E-state index in [9.17, 15) is 4.39 Å². The monoisotopic (exact) mass is 448 g/mol. The van der Waals surface area contributed by atoms with Gasteiger partial charge in [0.05, 0.1) is 17.7 Å². The Kier molecular flexibility index (Phi) is 7.82. The van der Waals surface area contributed by atoms with Gasteiger partial charge in [-0.2, -0.15) is 0 Å². The van der Waals surface area contributed by atoms with E-state index >= 15 is 0 Å². The number of hydrogen-bond acceptors (Lipinski definition) is 3. The second-order valence-electron chi connectivity index (χ2n) is 6.69. The van der Waals surface area contributed by atoms with Crippen LogP contribution < -0.4 is 10.6 Å². The number of benzene rings is 2. The fourth-order valence-corrected chi connectivity index (χ4v) is 3.37. The van der Waals surface area contributed by atoms with E-state index in [0.29, 0.717) is 23.5 Å². The van der Waals surface area contributed by atoms with Gasteiger partial charge in [0.15, 0.2) is 5.96 Å². The maximum Gasteiger partial charge on any atom is 0.191 e. The Labute approximate surface area is 174 Å². The van der Waals surface area contributed by atoms with Crippen LogP contribution in [0.15, 0.2) is 51.9 Å². The molecule has 2 aromatic carbocycles. The van der Waals surface area contributed by atoms with Crippen LogP contribution in [0.1, 0.15) is 16.7 Å². The molecule has 2 aromatic rings. The lowest BCUT2D eigenvalue weighted by molar-refractivity contribution is 0.0341. The van der Waals surface area contributed by atoms with E-state index in [1.165, 1.54) is 17.2 Å². The molecule has 1 aliphatic heterocycles. The molecule has 0 radical (unpaired) electrons. The third kappa shape index (κ3) is 6.02. The summed E-state index contributed by atoms with van der Waals surface area (Å²) in [6, 6.07) is 13.6. The summed E-state index contributed by atoms with van der Waals surface area (Å²) < 4.78 is 19.6. The predicted molar refractivity (Wildman–Crippen MR) is 114 cm³/mol. The summed E-state index contributed by atoms with van der Waals surface area (Å²) >= 11 is 3.17. The molecule has 28 heavy (non-hydrogen) atoms. The molecule has 1 saturated heterocycles. The van der Waals surface area contributed by atoms with Gasteiger partial charge in [0.2, 0.25) is 0 Å². The number of nitrogens with one attached hydrogen (secondary N) is 2. The number of morpholine rings is 1. The van der Waals surface area contributed by atoms with Crippen LogP contribution in [0.4, 0.5) is 4.39 Å². The highest BCUT2D eigenvalue weighted by Gasteiger charge is 2.12. The molecule has 7 heteroatoms. The van der Waals surface area contributed by atoms with Crippen LogP contribution in [0.3, 0.4) is 0 Å². The van der Waals surface area contributed by atoms with Gasteiger partial charge in [-0.25, -0.2) is 4.39 Å². The maximum absolute atomic E-state index is 13.7. The van der Waals surface area contributed by atoms with Gasteiger partial charge < -0.3 is 15.4 Å². The van der Waals surface area contributed by atoms with E-state index in [4.69, 9.17) is 4.74 Å². The van der Waals surface area contributed by atoms with Crippen molar-refractivity contribution in [3.05, 3.63) is 69.4 Å². The molecular weight excluding hydrogens is 423 g/mol. The fourth-order valence-electron chi connectivity index (χ4n) is 3.12. The first-order chi connectivity index (χ1) is 13.7. The molecule has 0 aromatic heterocycles. The van der Waals surface area contributed by atoms with Crippen LogP contribution in [0.25, 0.3) is 0 Å². The van der Waals surface area contributed by atoms with Gasteiger partial charge in [-0.15, -0.1) is 0 Å². The molecule has 2 N–H and O–H groups in total. The summed E-state index contributed by atoms with van der Waals surface area (Å²) in [4.78, 5) is 6.68. The van der Waals surface area contributed by atoms with Gasteiger partial charge >= 0.3 is 0 Å². The maximum atomic E-state index is 13.7. The Morgan fingerprint density at radius 1 is 1.11 bits per heavy atom. The molecule has 0 spiro atoms. The number of aliphatic imine (C=N–C) groups is 1. The number of halogens is 2. The average molecular weight is 449 g/mol. The van der Waals surface area contributed by atoms with Crippen molar-refractivity contribution in [3.63, 3.8) is 0 Å². The number of rotatable bonds is 6. The lowest BCUT2D eigenvalue weighted by atomic mass is 10.1. The molecule has 1 heterocycles. The molecule has 0 saturated carbocycles. The van der Waals surface area contributed by atoms with Crippen molar-refractivity contribution in [2.75, 3.05) is 33.4 Å². The quantitative estimate of drug-likeness (QED) is 0.525. The van der Waals surface area contributed by atoms with Crippen LogP contribution >= 0.6 is 15.9 Å². The number of guanidine groups is 1. The van der Waals surface area contributed by atoms with Gasteiger partial charge in [-0.05, 0) is 44.8 Å². The zero-order chi connectivity index (χ0) is 19.8. The first-order valence-corrected chi connectivity index (χ1v) is 10.2. The van der Waals surface area contributed by atoms with Crippen molar-refractivity contribution < 1.29 is 9.13 Å². The SMILES string of the molecule is CN=C(NCc1ccc(Br)c(F)c1)NCc1ccccc1CN1CCOCC1. The zero-order valence-corrected chi connectivity index (χ0v) is 17.6. The first kappa shape index (κ1) is 20.8. The van der Waals surface area contributed by atoms with Gasteiger partial charge in [0.25, 0.3) is 0 Å². The van der Waals surface area contributed by atoms with Gasteiger partial charge in [-0.3, -0.25) is 9.89 Å². The Morgan fingerprint density at radius 2 is 1.82 bits per heavy atom. The van der Waals surface area contributed by atoms with Crippen LogP contribution in [0.5, 0.6) is 0 Å². The zero-order valence-electron chi connectivity index (χ0n) is 16.0. The first-order valence-electron chi connectivity index (χ1n) is 9.41. The lowest BCUT2D eigenvalue weighted by Gasteiger charge is -2.27. The number of nitrogens with zero attached hydrogens (tertiary/aromatic N) is 2. The Morgan fingerprint density at radius 3 is 2.54 bits per heavy atom. The van der Waals surface area contributed by atoms with Gasteiger partial charge in [0.1, 0.15) is 5.82 Å². The van der Waals surface area contributed by atoms with E-state index in [0.717, 1.165) is 38.4 Å². The van der Waals surface area contributed by atoms with E-state index in [1.54, 1.807) is 13.1 Å².